The van der Waals surface area contributed by atoms with Gasteiger partial charge in [0.2, 0.25) is 0 Å². The monoisotopic (exact) mass is 430 g/mol. The van der Waals surface area contributed by atoms with E-state index in [2.05, 4.69) is 6.92 Å². The maximum Gasteiger partial charge on any atom is 0.156 e. The molecule has 1 unspecified atom stereocenters. The molecular formula is C20H25Cl3N2O2. The van der Waals surface area contributed by atoms with Crippen LogP contribution >= 0.6 is 35.6 Å². The molecule has 0 aliphatic heterocycles. The lowest BCUT2D eigenvalue weighted by atomic mass is 9.70. The Morgan fingerprint density at radius 1 is 1.33 bits per heavy atom. The van der Waals surface area contributed by atoms with Gasteiger partial charge in [-0.15, -0.1) is 12.4 Å². The molecule has 0 aromatic heterocycles. The minimum Gasteiger partial charge on any atom is -0.484 e. The van der Waals surface area contributed by atoms with E-state index in [0.29, 0.717) is 28.1 Å². The molecule has 4 nitrogen and oxygen atoms in total. The number of carbonyl (C=O) groups excluding carboxylic acids is 1. The van der Waals surface area contributed by atoms with Gasteiger partial charge in [-0.25, -0.2) is 0 Å². The zero-order valence-electron chi connectivity index (χ0n) is 15.8. The number of fused-ring (bicyclic) bond motifs is 3. The summed E-state index contributed by atoms with van der Waals surface area (Å²) in [4.78, 5) is 13.7. The highest BCUT2D eigenvalue weighted by atomic mass is 35.5. The number of rotatable bonds is 5. The molecule has 1 atom stereocenters. The summed E-state index contributed by atoms with van der Waals surface area (Å²) in [7, 11) is 3.59. The van der Waals surface area contributed by atoms with Crippen LogP contribution in [-0.4, -0.2) is 37.2 Å². The summed E-state index contributed by atoms with van der Waals surface area (Å²) in [6.45, 7) is 2.30. The third-order valence-corrected chi connectivity index (χ3v) is 6.26. The summed E-state index contributed by atoms with van der Waals surface area (Å²) in [6, 6.07) is 1.94. The van der Waals surface area contributed by atoms with Crippen molar-refractivity contribution in [3.05, 3.63) is 33.3 Å². The number of carbonyl (C=O) groups is 1. The molecule has 27 heavy (non-hydrogen) atoms. The lowest BCUT2D eigenvalue weighted by Gasteiger charge is -2.33. The number of allylic oxidation sites excluding steroid dienone is 2. The van der Waals surface area contributed by atoms with Gasteiger partial charge in [-0.2, -0.15) is 0 Å². The Morgan fingerprint density at radius 3 is 2.67 bits per heavy atom. The van der Waals surface area contributed by atoms with Crippen LogP contribution in [0.3, 0.4) is 0 Å². The molecule has 3 rings (SSSR count). The van der Waals surface area contributed by atoms with E-state index in [9.17, 15) is 4.79 Å². The number of benzene rings is 1. The van der Waals surface area contributed by atoms with Gasteiger partial charge in [0.05, 0.1) is 5.02 Å². The smallest absolute Gasteiger partial charge is 0.156 e. The first-order valence-corrected chi connectivity index (χ1v) is 9.68. The second-order valence-electron chi connectivity index (χ2n) is 7.40. The van der Waals surface area contributed by atoms with Crippen LogP contribution < -0.4 is 4.74 Å². The number of nitrogens with one attached hydrogen (secondary N) is 1. The predicted molar refractivity (Wildman–Crippen MR) is 114 cm³/mol. The molecular weight excluding hydrogens is 407 g/mol. The Balaban J connectivity index is 0.00000261. The topological polar surface area (TPSA) is 53.4 Å². The van der Waals surface area contributed by atoms with E-state index in [4.69, 9.17) is 33.3 Å². The number of ether oxygens (including phenoxy) is 1. The Morgan fingerprint density at radius 2 is 2.04 bits per heavy atom. The highest BCUT2D eigenvalue weighted by Crippen LogP contribution is 2.58. The summed E-state index contributed by atoms with van der Waals surface area (Å²) in [5, 5.41) is 8.69. The van der Waals surface area contributed by atoms with Crippen molar-refractivity contribution >= 4 is 52.8 Å². The lowest BCUT2D eigenvalue weighted by molar-refractivity contribution is -0.115. The average molecular weight is 432 g/mol. The van der Waals surface area contributed by atoms with E-state index in [1.165, 1.54) is 0 Å². The zero-order valence-corrected chi connectivity index (χ0v) is 18.2. The van der Waals surface area contributed by atoms with Crippen molar-refractivity contribution in [3.63, 3.8) is 0 Å². The quantitative estimate of drug-likeness (QED) is 0.500. The van der Waals surface area contributed by atoms with Crippen LogP contribution in [-0.2, 0) is 11.2 Å². The Bertz CT molecular complexity index is 805. The van der Waals surface area contributed by atoms with E-state index < -0.39 is 0 Å². The maximum atomic E-state index is 12.1. The van der Waals surface area contributed by atoms with Gasteiger partial charge >= 0.3 is 0 Å². The molecule has 0 radical (unpaired) electrons. The van der Waals surface area contributed by atoms with Gasteiger partial charge in [0.1, 0.15) is 23.2 Å². The summed E-state index contributed by atoms with van der Waals surface area (Å²) < 4.78 is 5.76. The van der Waals surface area contributed by atoms with Gasteiger partial charge in [-0.05, 0) is 42.5 Å². The first-order valence-electron chi connectivity index (χ1n) is 8.93. The van der Waals surface area contributed by atoms with Crippen molar-refractivity contribution in [2.45, 2.75) is 39.0 Å². The van der Waals surface area contributed by atoms with Crippen molar-refractivity contribution < 1.29 is 9.53 Å². The molecule has 148 valence electrons. The van der Waals surface area contributed by atoms with Crippen LogP contribution in [0.5, 0.6) is 5.75 Å². The highest BCUT2D eigenvalue weighted by Gasteiger charge is 2.45. The molecule has 1 N–H and O–H groups in total. The van der Waals surface area contributed by atoms with Crippen molar-refractivity contribution in [2.75, 3.05) is 20.7 Å². The zero-order chi connectivity index (χ0) is 19.1. The van der Waals surface area contributed by atoms with Crippen LogP contribution in [0.2, 0.25) is 10.0 Å². The van der Waals surface area contributed by atoms with E-state index in [-0.39, 0.29) is 30.2 Å². The molecule has 1 aromatic carbocycles. The third kappa shape index (κ3) is 3.98. The molecule has 2 aliphatic carbocycles. The second-order valence-corrected chi connectivity index (χ2v) is 8.15. The number of nitrogens with zero attached hydrogens (tertiary/aromatic N) is 1. The third-order valence-electron chi connectivity index (χ3n) is 5.41. The fourth-order valence-electron chi connectivity index (χ4n) is 4.06. The molecule has 0 saturated heterocycles. The van der Waals surface area contributed by atoms with Gasteiger partial charge in [-0.3, -0.25) is 10.2 Å². The second kappa shape index (κ2) is 8.42. The molecule has 0 saturated carbocycles. The first-order chi connectivity index (χ1) is 12.3. The first kappa shape index (κ1) is 22.1. The van der Waals surface area contributed by atoms with Crippen LogP contribution in [0.15, 0.2) is 12.1 Å². The van der Waals surface area contributed by atoms with Gasteiger partial charge in [0.15, 0.2) is 5.78 Å². The summed E-state index contributed by atoms with van der Waals surface area (Å²) in [5.41, 5.74) is 3.02. The fraction of sp³-hybridized carbons (Fsp3) is 0.500. The van der Waals surface area contributed by atoms with Crippen molar-refractivity contribution in [1.29, 1.82) is 5.41 Å². The van der Waals surface area contributed by atoms with E-state index >= 15 is 0 Å². The Kier molecular flexibility index (Phi) is 6.88. The van der Waals surface area contributed by atoms with E-state index in [1.807, 2.05) is 6.07 Å². The molecule has 7 heteroatoms. The molecule has 0 amide bonds. The number of halogens is 3. The van der Waals surface area contributed by atoms with Gasteiger partial charge < -0.3 is 9.64 Å². The lowest BCUT2D eigenvalue weighted by Crippen LogP contribution is -2.27. The van der Waals surface area contributed by atoms with Crippen LogP contribution in [0.25, 0.3) is 5.57 Å². The summed E-state index contributed by atoms with van der Waals surface area (Å²) in [6.07, 6.45) is 6.15. The number of ketones is 1. The summed E-state index contributed by atoms with van der Waals surface area (Å²) in [5.74, 6) is 1.01. The van der Waals surface area contributed by atoms with Gasteiger partial charge in [0, 0.05) is 31.5 Å². The maximum absolute atomic E-state index is 12.1. The molecule has 0 heterocycles. The molecule has 1 aromatic rings. The van der Waals surface area contributed by atoms with Gasteiger partial charge in [-0.1, -0.05) is 36.5 Å². The van der Waals surface area contributed by atoms with Crippen molar-refractivity contribution in [2.24, 2.45) is 5.41 Å². The average Bonchev–Trinajstić information content (AvgIpc) is 2.90. The largest absolute Gasteiger partial charge is 0.484 e. The van der Waals surface area contributed by atoms with E-state index in [0.717, 1.165) is 42.4 Å². The summed E-state index contributed by atoms with van der Waals surface area (Å²) >= 11 is 13.1. The Hall–Kier alpha value is -1.23. The van der Waals surface area contributed by atoms with Crippen LogP contribution in [0.1, 0.15) is 43.7 Å². The minimum absolute atomic E-state index is 0. The standard InChI is InChI=1S/C20H24Cl2N2O2.ClH/c1-4-6-20-7-5-13(25)9-14(20)17-12(10-20)8-15(18(21)19(17)22)26-11-16(23)24(2)3;/h8-9,23H,4-7,10-11H2,1-3H3;1H. The number of hydrogen-bond donors (Lipinski definition) is 1. The Labute approximate surface area is 176 Å². The van der Waals surface area contributed by atoms with Gasteiger partial charge in [0.25, 0.3) is 0 Å². The van der Waals surface area contributed by atoms with Crippen LogP contribution in [0.4, 0.5) is 0 Å². The number of likely N-dealkylation sites (N-methyl/N-ethyl adjacent to an activating group) is 1. The SMILES string of the molecule is CCCC12CCC(=O)C=C1c1c(cc(OCC(=N)N(C)C)c(Cl)c1Cl)C2.Cl. The van der Waals surface area contributed by atoms with Crippen molar-refractivity contribution in [1.82, 2.24) is 4.90 Å². The minimum atomic E-state index is -0.0209. The van der Waals surface area contributed by atoms with Crippen molar-refractivity contribution in [3.8, 4) is 5.75 Å². The highest BCUT2D eigenvalue weighted by molar-refractivity contribution is 6.44. The fourth-order valence-corrected chi connectivity index (χ4v) is 4.58. The molecule has 0 fully saturated rings. The number of amidine groups is 1. The van der Waals surface area contributed by atoms with Crippen LogP contribution in [0, 0.1) is 10.8 Å². The number of hydrogen-bond acceptors (Lipinski definition) is 3. The molecule has 0 bridgehead atoms. The predicted octanol–water partition coefficient (Wildman–Crippen LogP) is 5.42. The molecule has 2 aliphatic rings. The molecule has 0 spiro atoms. The van der Waals surface area contributed by atoms with E-state index in [1.54, 1.807) is 25.1 Å². The normalized spacial score (nSPS) is 20.3.